The fraction of sp³-hybridized carbons (Fsp3) is 0.300. The number of hydrogen-bond donors (Lipinski definition) is 1. The number of hydrogen-bond acceptors (Lipinski definition) is 5. The molecule has 0 spiro atoms. The number of carbonyl (C=O) groups excluding carboxylic acids is 2. The number of benzene rings is 3. The average Bonchev–Trinajstić information content (AvgIpc) is 3.21. The number of rotatable bonds is 8. The Balaban J connectivity index is 1.75. The van der Waals surface area contributed by atoms with Crippen LogP contribution in [0.15, 0.2) is 60.7 Å². The first kappa shape index (κ1) is 29.1. The van der Waals surface area contributed by atoms with E-state index in [4.69, 9.17) is 32.7 Å². The number of ketones is 1. The van der Waals surface area contributed by atoms with Crippen molar-refractivity contribution in [3.05, 3.63) is 104 Å². The van der Waals surface area contributed by atoms with Crippen molar-refractivity contribution in [3.63, 3.8) is 0 Å². The van der Waals surface area contributed by atoms with E-state index in [1.807, 2.05) is 0 Å². The van der Waals surface area contributed by atoms with Crippen LogP contribution in [0.1, 0.15) is 62.7 Å². The van der Waals surface area contributed by atoms with Crippen molar-refractivity contribution in [2.24, 2.45) is 0 Å². The first-order valence-corrected chi connectivity index (χ1v) is 13.5. The molecular weight excluding hydrogens is 579 g/mol. The highest BCUT2D eigenvalue weighted by Crippen LogP contribution is 2.51. The maximum Gasteiger partial charge on any atom is 0.305 e. The zero-order valence-corrected chi connectivity index (χ0v) is 23.3. The molecule has 0 bridgehead atoms. The number of Topliss-reactive ketones (excluding diaryl/α,β-unsaturated/α-hetero) is 1. The van der Waals surface area contributed by atoms with Crippen LogP contribution in [0.2, 0.25) is 10.0 Å². The lowest BCUT2D eigenvalue weighted by Gasteiger charge is -2.42. The molecule has 1 N–H and O–H groups in total. The smallest absolute Gasteiger partial charge is 0.305 e. The molecule has 3 aromatic carbocycles. The van der Waals surface area contributed by atoms with Crippen LogP contribution in [0.4, 0.5) is 8.78 Å². The van der Waals surface area contributed by atoms with E-state index in [2.05, 4.69) is 0 Å². The summed E-state index contributed by atoms with van der Waals surface area (Å²) in [6.45, 7) is 0.0629. The van der Waals surface area contributed by atoms with Crippen LogP contribution >= 0.6 is 23.2 Å². The third kappa shape index (κ3) is 5.01. The molecule has 0 aromatic heterocycles. The van der Waals surface area contributed by atoms with Crippen molar-refractivity contribution in [1.82, 2.24) is 4.90 Å². The van der Waals surface area contributed by atoms with Gasteiger partial charge in [0.25, 0.3) is 5.91 Å². The minimum absolute atomic E-state index is 0.0314. The molecule has 3 aromatic rings. The van der Waals surface area contributed by atoms with Crippen LogP contribution in [0.5, 0.6) is 0 Å². The summed E-state index contributed by atoms with van der Waals surface area (Å²) in [7, 11) is 1.26. The summed E-state index contributed by atoms with van der Waals surface area (Å²) in [5.74, 6) is -3.97. The van der Waals surface area contributed by atoms with E-state index >= 15 is 8.78 Å². The molecule has 1 fully saturated rings. The summed E-state index contributed by atoms with van der Waals surface area (Å²) in [6.07, 6.45) is -0.968. The van der Waals surface area contributed by atoms with E-state index in [0.29, 0.717) is 15.6 Å². The summed E-state index contributed by atoms with van der Waals surface area (Å²) in [5, 5.41) is 10.6. The third-order valence-electron chi connectivity index (χ3n) is 7.64. The highest BCUT2D eigenvalue weighted by molar-refractivity contribution is 6.30. The van der Waals surface area contributed by atoms with Gasteiger partial charge in [-0.3, -0.25) is 19.3 Å². The van der Waals surface area contributed by atoms with E-state index in [1.54, 1.807) is 24.3 Å². The molecule has 2 aliphatic rings. The quantitative estimate of drug-likeness (QED) is 0.301. The molecule has 214 valence electrons. The zero-order chi connectivity index (χ0) is 29.5. The molecule has 2 aliphatic heterocycles. The van der Waals surface area contributed by atoms with Gasteiger partial charge in [-0.2, -0.15) is 0 Å². The average molecular weight is 604 g/mol. The lowest BCUT2D eigenvalue weighted by Crippen LogP contribution is -2.49. The Morgan fingerprint density at radius 1 is 1.05 bits per heavy atom. The van der Waals surface area contributed by atoms with E-state index in [-0.39, 0.29) is 48.3 Å². The molecule has 2 atom stereocenters. The third-order valence-corrected chi connectivity index (χ3v) is 8.14. The largest absolute Gasteiger partial charge is 0.481 e. The fourth-order valence-corrected chi connectivity index (χ4v) is 5.92. The number of aliphatic carboxylic acids is 1. The van der Waals surface area contributed by atoms with Crippen LogP contribution < -0.4 is 0 Å². The second kappa shape index (κ2) is 11.1. The second-order valence-electron chi connectivity index (χ2n) is 9.98. The van der Waals surface area contributed by atoms with Gasteiger partial charge in [0.1, 0.15) is 5.82 Å². The summed E-state index contributed by atoms with van der Waals surface area (Å²) in [4.78, 5) is 40.8. The van der Waals surface area contributed by atoms with Crippen molar-refractivity contribution >= 4 is 40.9 Å². The highest BCUT2D eigenvalue weighted by atomic mass is 35.5. The van der Waals surface area contributed by atoms with Crippen LogP contribution in [0, 0.1) is 5.82 Å². The highest BCUT2D eigenvalue weighted by Gasteiger charge is 2.57. The van der Waals surface area contributed by atoms with Gasteiger partial charge in [0.2, 0.25) is 0 Å². The molecule has 0 unspecified atom stereocenters. The molecule has 0 saturated carbocycles. The molecule has 0 aliphatic carbocycles. The van der Waals surface area contributed by atoms with Crippen LogP contribution in [0.25, 0.3) is 0 Å². The van der Waals surface area contributed by atoms with Gasteiger partial charge in [0, 0.05) is 41.1 Å². The van der Waals surface area contributed by atoms with Gasteiger partial charge in [-0.05, 0) is 42.0 Å². The molecule has 2 heterocycles. The number of alkyl halides is 1. The van der Waals surface area contributed by atoms with Gasteiger partial charge >= 0.3 is 5.97 Å². The van der Waals surface area contributed by atoms with Crippen molar-refractivity contribution in [3.8, 4) is 0 Å². The number of amides is 1. The lowest BCUT2D eigenvalue weighted by molar-refractivity contribution is -0.142. The standard InChI is InChI=1S/C30H25Cl2F2NO6/c1-40-30(19-4-8-21(32)9-5-19)26-22(14-18(15-23(26)33)27(38)29(34)10-12-41-13-11-29)28(39)35(30)24(16-25(36)37)17-2-6-20(31)7-3-17/h2-9,14-15,24H,10-13,16H2,1H3,(H,36,37)/t24-,30+/m0/s1. The lowest BCUT2D eigenvalue weighted by atomic mass is 9.85. The predicted octanol–water partition coefficient (Wildman–Crippen LogP) is 6.35. The van der Waals surface area contributed by atoms with Gasteiger partial charge < -0.3 is 14.6 Å². The monoisotopic (exact) mass is 603 g/mol. The number of carboxylic acid groups (broad SMARTS) is 1. The van der Waals surface area contributed by atoms with Gasteiger partial charge in [0.05, 0.1) is 36.8 Å². The molecule has 5 rings (SSSR count). The Morgan fingerprint density at radius 3 is 2.20 bits per heavy atom. The summed E-state index contributed by atoms with van der Waals surface area (Å²) in [5.41, 5.74) is -4.35. The van der Waals surface area contributed by atoms with Gasteiger partial charge in [-0.25, -0.2) is 8.78 Å². The minimum Gasteiger partial charge on any atom is -0.481 e. The Kier molecular flexibility index (Phi) is 7.91. The Hall–Kier alpha value is -3.37. The number of methoxy groups -OCH3 is 1. The van der Waals surface area contributed by atoms with Crippen molar-refractivity contribution in [2.75, 3.05) is 20.3 Å². The van der Waals surface area contributed by atoms with E-state index in [0.717, 1.165) is 17.0 Å². The van der Waals surface area contributed by atoms with Crippen LogP contribution in [0.3, 0.4) is 0 Å². The Labute approximate surface area is 244 Å². The summed E-state index contributed by atoms with van der Waals surface area (Å²) >= 11 is 12.2. The number of carboxylic acids is 1. The number of carbonyl (C=O) groups is 3. The number of ether oxygens (including phenoxy) is 2. The first-order chi connectivity index (χ1) is 19.5. The molecular formula is C30H25Cl2F2NO6. The normalized spacial score (nSPS) is 20.5. The molecule has 11 heteroatoms. The minimum atomic E-state index is -2.27. The van der Waals surface area contributed by atoms with Gasteiger partial charge in [-0.15, -0.1) is 0 Å². The Bertz CT molecular complexity index is 1510. The summed E-state index contributed by atoms with van der Waals surface area (Å²) in [6, 6.07) is 13.2. The van der Waals surface area contributed by atoms with E-state index in [9.17, 15) is 19.5 Å². The predicted molar refractivity (Wildman–Crippen MR) is 146 cm³/mol. The first-order valence-electron chi connectivity index (χ1n) is 12.8. The molecule has 1 amide bonds. The number of halogens is 4. The number of nitrogens with zero attached hydrogens (tertiary/aromatic N) is 1. The molecule has 1 saturated heterocycles. The topological polar surface area (TPSA) is 93.1 Å². The van der Waals surface area contributed by atoms with Crippen molar-refractivity contribution in [2.45, 2.75) is 36.7 Å². The SMILES string of the molecule is CO[C@]1(c2ccc(Cl)cc2)c2c(F)cc(C(=O)C3(F)CCOCC3)cc2C(=O)N1[C@@H](CC(=O)O)c1ccc(Cl)cc1. The molecule has 41 heavy (non-hydrogen) atoms. The van der Waals surface area contributed by atoms with Gasteiger partial charge in [0.15, 0.2) is 17.2 Å². The molecule has 0 radical (unpaired) electrons. The second-order valence-corrected chi connectivity index (χ2v) is 10.9. The van der Waals surface area contributed by atoms with Crippen molar-refractivity contribution in [1.29, 1.82) is 0 Å². The van der Waals surface area contributed by atoms with Gasteiger partial charge in [-0.1, -0.05) is 47.5 Å². The summed E-state index contributed by atoms with van der Waals surface area (Å²) < 4.78 is 43.0. The zero-order valence-electron chi connectivity index (χ0n) is 21.8. The van der Waals surface area contributed by atoms with Crippen LogP contribution in [-0.2, 0) is 20.0 Å². The van der Waals surface area contributed by atoms with Crippen LogP contribution in [-0.4, -0.2) is 53.7 Å². The van der Waals surface area contributed by atoms with E-state index in [1.165, 1.54) is 31.4 Å². The Morgan fingerprint density at radius 2 is 1.63 bits per heavy atom. The maximum absolute atomic E-state index is 16.3. The number of fused-ring (bicyclic) bond motifs is 1. The fourth-order valence-electron chi connectivity index (χ4n) is 5.67. The van der Waals surface area contributed by atoms with Crippen molar-refractivity contribution < 1.29 is 37.7 Å². The van der Waals surface area contributed by atoms with E-state index < -0.39 is 47.3 Å². The molecule has 7 nitrogen and oxygen atoms in total. The maximum atomic E-state index is 16.3.